The van der Waals surface area contributed by atoms with E-state index in [1.165, 1.54) is 70.6 Å². The van der Waals surface area contributed by atoms with Gasteiger partial charge >= 0.3 is 11.9 Å². The number of carbonyl (C=O) groups is 2. The molecule has 2 fully saturated rings. The van der Waals surface area contributed by atoms with Gasteiger partial charge in [-0.05, 0) is 38.5 Å². The first-order chi connectivity index (χ1) is 29.0. The van der Waals surface area contributed by atoms with E-state index in [9.17, 15) is 45.3 Å². The van der Waals surface area contributed by atoms with Crippen molar-refractivity contribution in [2.75, 3.05) is 26.4 Å². The van der Waals surface area contributed by atoms with E-state index in [-0.39, 0.29) is 26.1 Å². The van der Waals surface area contributed by atoms with E-state index >= 15 is 0 Å². The summed E-state index contributed by atoms with van der Waals surface area (Å²) in [4.78, 5) is 25.6. The first kappa shape index (κ1) is 54.4. The topological polar surface area (TPSA) is 231 Å². The summed E-state index contributed by atoms with van der Waals surface area (Å²) in [6.07, 6.45) is 12.6. The second-order valence-electron chi connectivity index (χ2n) is 16.6. The number of aliphatic hydroxyl groups excluding tert-OH is 7. The number of rotatable bonds is 35. The molecule has 0 radical (unpaired) electrons. The van der Waals surface area contributed by atoms with Crippen molar-refractivity contribution in [2.45, 2.75) is 235 Å². The Labute approximate surface area is 359 Å². The maximum atomic E-state index is 12.9. The minimum absolute atomic E-state index is 0.167. The smallest absolute Gasteiger partial charge is 0.306 e. The van der Waals surface area contributed by atoms with Crippen LogP contribution < -0.4 is 0 Å². The van der Waals surface area contributed by atoms with Crippen LogP contribution in [0.25, 0.3) is 0 Å². The Morgan fingerprint density at radius 1 is 0.517 bits per heavy atom. The fourth-order valence-electron chi connectivity index (χ4n) is 7.33. The molecule has 0 aliphatic carbocycles. The molecule has 15 nitrogen and oxygen atoms in total. The zero-order valence-corrected chi connectivity index (χ0v) is 36.7. The highest BCUT2D eigenvalue weighted by Gasteiger charge is 2.47. The van der Waals surface area contributed by atoms with Gasteiger partial charge in [-0.2, -0.15) is 0 Å². The molecule has 11 atom stereocenters. The van der Waals surface area contributed by atoms with Crippen LogP contribution in [0, 0.1) is 0 Å². The quantitative estimate of drug-likeness (QED) is 0.0252. The predicted molar refractivity (Wildman–Crippen MR) is 224 cm³/mol. The van der Waals surface area contributed by atoms with Crippen molar-refractivity contribution in [3.05, 3.63) is 12.2 Å². The minimum atomic E-state index is -1.76. The molecule has 2 aliphatic rings. The van der Waals surface area contributed by atoms with Gasteiger partial charge in [0.15, 0.2) is 18.7 Å². The van der Waals surface area contributed by atoms with Gasteiger partial charge in [0, 0.05) is 12.8 Å². The number of esters is 2. The fraction of sp³-hybridized carbons (Fsp3) is 0.911. The van der Waals surface area contributed by atoms with Gasteiger partial charge in [-0.1, -0.05) is 129 Å². The Morgan fingerprint density at radius 2 is 0.950 bits per heavy atom. The first-order valence-corrected chi connectivity index (χ1v) is 23.3. The summed E-state index contributed by atoms with van der Waals surface area (Å²) in [5.41, 5.74) is 0. The van der Waals surface area contributed by atoms with E-state index in [0.717, 1.165) is 57.8 Å². The van der Waals surface area contributed by atoms with E-state index in [0.29, 0.717) is 12.8 Å². The van der Waals surface area contributed by atoms with Gasteiger partial charge in [-0.25, -0.2) is 0 Å². The van der Waals surface area contributed by atoms with Crippen molar-refractivity contribution in [1.82, 2.24) is 0 Å². The lowest BCUT2D eigenvalue weighted by molar-refractivity contribution is -0.332. The van der Waals surface area contributed by atoms with E-state index in [2.05, 4.69) is 26.0 Å². The average molecular weight is 863 g/mol. The second-order valence-corrected chi connectivity index (χ2v) is 16.6. The van der Waals surface area contributed by atoms with Crippen molar-refractivity contribution in [2.24, 2.45) is 0 Å². The van der Waals surface area contributed by atoms with Gasteiger partial charge in [0.1, 0.15) is 55.4 Å². The van der Waals surface area contributed by atoms with E-state index in [1.54, 1.807) is 0 Å². The third-order valence-electron chi connectivity index (χ3n) is 11.2. The number of unbranched alkanes of at least 4 members (excludes halogenated alkanes) is 19. The van der Waals surface area contributed by atoms with Crippen LogP contribution in [0.15, 0.2) is 12.2 Å². The molecule has 0 amide bonds. The number of allylic oxidation sites excluding steroid dienone is 2. The molecule has 0 saturated carbocycles. The van der Waals surface area contributed by atoms with Crippen molar-refractivity contribution >= 4 is 11.9 Å². The van der Waals surface area contributed by atoms with Gasteiger partial charge < -0.3 is 64.2 Å². The number of hydrogen-bond donors (Lipinski definition) is 7. The largest absolute Gasteiger partial charge is 0.462 e. The summed E-state index contributed by atoms with van der Waals surface area (Å²) in [6, 6.07) is 0. The molecule has 15 heteroatoms. The molecule has 352 valence electrons. The van der Waals surface area contributed by atoms with Crippen molar-refractivity contribution in [3.8, 4) is 0 Å². The van der Waals surface area contributed by atoms with Crippen LogP contribution in [0.1, 0.15) is 168 Å². The lowest BCUT2D eigenvalue weighted by Gasteiger charge is -2.42. The van der Waals surface area contributed by atoms with Gasteiger partial charge in [-0.15, -0.1) is 0 Å². The van der Waals surface area contributed by atoms with Crippen LogP contribution in [0.4, 0.5) is 0 Å². The molecule has 4 unspecified atom stereocenters. The SMILES string of the molecule is CCCCCCC/C=C/CCCCCCCC(=O)OC[C@H](CO[C@@H]1O[C@H](CO[C@@H]2O[C@H](CO)[C@H](O)C(O)C2O)[C@H](O)C(O)C1O)OC(=O)CCCCCCCCCCCC. The lowest BCUT2D eigenvalue weighted by Crippen LogP contribution is -2.61. The van der Waals surface area contributed by atoms with Gasteiger partial charge in [-0.3, -0.25) is 9.59 Å². The molecular formula is C45H82O15. The third-order valence-corrected chi connectivity index (χ3v) is 11.2. The maximum absolute atomic E-state index is 12.9. The number of ether oxygens (including phenoxy) is 6. The van der Waals surface area contributed by atoms with Gasteiger partial charge in [0.2, 0.25) is 0 Å². The molecule has 2 rings (SSSR count). The molecule has 7 N–H and O–H groups in total. The van der Waals surface area contributed by atoms with Crippen molar-refractivity contribution in [3.63, 3.8) is 0 Å². The van der Waals surface area contributed by atoms with E-state index in [1.807, 2.05) is 0 Å². The normalized spacial score (nSPS) is 27.6. The maximum Gasteiger partial charge on any atom is 0.306 e. The summed E-state index contributed by atoms with van der Waals surface area (Å²) >= 11 is 0. The highest BCUT2D eigenvalue weighted by molar-refractivity contribution is 5.70. The zero-order valence-electron chi connectivity index (χ0n) is 36.7. The Morgan fingerprint density at radius 3 is 1.47 bits per heavy atom. The highest BCUT2D eigenvalue weighted by atomic mass is 16.7. The van der Waals surface area contributed by atoms with Crippen LogP contribution in [0.5, 0.6) is 0 Å². The summed E-state index contributed by atoms with van der Waals surface area (Å²) in [6.45, 7) is 2.54. The molecular weight excluding hydrogens is 780 g/mol. The Bertz CT molecular complexity index is 1110. The van der Waals surface area contributed by atoms with Gasteiger partial charge in [0.05, 0.1) is 19.8 Å². The monoisotopic (exact) mass is 863 g/mol. The van der Waals surface area contributed by atoms with Crippen molar-refractivity contribution < 1.29 is 73.8 Å². The van der Waals surface area contributed by atoms with E-state index in [4.69, 9.17) is 28.4 Å². The molecule has 0 aromatic carbocycles. The van der Waals surface area contributed by atoms with Crippen molar-refractivity contribution in [1.29, 1.82) is 0 Å². The lowest BCUT2D eigenvalue weighted by atomic mass is 9.98. The standard InChI is InChI=1S/C45H82O15/c1-3-5-7-9-11-13-15-16-17-18-20-21-23-25-27-36(47)55-30-33(58-37(48)28-26-24-22-19-14-12-10-8-6-4-2)31-56-44-43(54)41(52)39(50)35(60-44)32-57-45-42(53)40(51)38(49)34(29-46)59-45/h15-16,33-35,38-46,49-54H,3-14,17-32H2,1-2H3/b16-15+/t33-,34-,35-,38+,39+,40?,41?,42?,43?,44-,45-/m1/s1. The minimum Gasteiger partial charge on any atom is -0.462 e. The van der Waals surface area contributed by atoms with Crippen LogP contribution in [-0.4, -0.2) is 142 Å². The molecule has 60 heavy (non-hydrogen) atoms. The molecule has 0 aromatic rings. The molecule has 2 aliphatic heterocycles. The van der Waals surface area contributed by atoms with E-state index < -0.39 is 92.7 Å². The summed E-state index contributed by atoms with van der Waals surface area (Å²) < 4.78 is 33.4. The van der Waals surface area contributed by atoms with Gasteiger partial charge in [0.25, 0.3) is 0 Å². The predicted octanol–water partition coefficient (Wildman–Crippen LogP) is 5.04. The zero-order chi connectivity index (χ0) is 44.0. The third kappa shape index (κ3) is 22.5. The number of hydrogen-bond acceptors (Lipinski definition) is 15. The Kier molecular flexibility index (Phi) is 30.6. The first-order valence-electron chi connectivity index (χ1n) is 23.3. The molecule has 2 saturated heterocycles. The average Bonchev–Trinajstić information content (AvgIpc) is 3.24. The molecule has 0 spiro atoms. The molecule has 0 aromatic heterocycles. The number of aliphatic hydroxyl groups is 7. The molecule has 2 heterocycles. The Hall–Kier alpha value is -1.76. The fourth-order valence-corrected chi connectivity index (χ4v) is 7.33. The summed E-state index contributed by atoms with van der Waals surface area (Å²) in [5.74, 6) is -0.932. The second kappa shape index (κ2) is 33.8. The van der Waals surface area contributed by atoms with Crippen LogP contribution in [0.3, 0.4) is 0 Å². The highest BCUT2D eigenvalue weighted by Crippen LogP contribution is 2.26. The Balaban J connectivity index is 1.85. The van der Waals surface area contributed by atoms with Crippen LogP contribution in [0.2, 0.25) is 0 Å². The number of carbonyl (C=O) groups excluding carboxylic acids is 2. The molecule has 0 bridgehead atoms. The summed E-state index contributed by atoms with van der Waals surface area (Å²) in [5, 5.41) is 71.8. The van der Waals surface area contributed by atoms with Crippen LogP contribution in [-0.2, 0) is 38.0 Å². The van der Waals surface area contributed by atoms with Crippen LogP contribution >= 0.6 is 0 Å². The summed E-state index contributed by atoms with van der Waals surface area (Å²) in [7, 11) is 0.